The van der Waals surface area contributed by atoms with E-state index in [9.17, 15) is 9.59 Å². The zero-order valence-corrected chi connectivity index (χ0v) is 14.0. The van der Waals surface area contributed by atoms with Crippen LogP contribution in [0.15, 0.2) is 0 Å². The molecule has 2 fully saturated rings. The van der Waals surface area contributed by atoms with Gasteiger partial charge in [0.05, 0.1) is 23.5 Å². The highest BCUT2D eigenvalue weighted by molar-refractivity contribution is 7.80. The van der Waals surface area contributed by atoms with Crippen molar-refractivity contribution in [2.45, 2.75) is 64.6 Å². The molecule has 0 saturated carbocycles. The largest absolute Gasteiger partial charge is 0.444 e. The van der Waals surface area contributed by atoms with Gasteiger partial charge in [0.2, 0.25) is 0 Å². The van der Waals surface area contributed by atoms with Crippen LogP contribution in [-0.2, 0) is 9.53 Å². The first-order valence-electron chi connectivity index (χ1n) is 7.46. The van der Waals surface area contributed by atoms with Crippen LogP contribution in [0.3, 0.4) is 0 Å². The molecule has 5 nitrogen and oxygen atoms in total. The van der Waals surface area contributed by atoms with Gasteiger partial charge in [-0.2, -0.15) is 0 Å². The van der Waals surface area contributed by atoms with Crippen molar-refractivity contribution in [3.8, 4) is 0 Å². The summed E-state index contributed by atoms with van der Waals surface area (Å²) in [6.45, 7) is 8.61. The highest BCUT2D eigenvalue weighted by Gasteiger charge is 2.44. The van der Waals surface area contributed by atoms with Crippen LogP contribution in [-0.4, -0.2) is 57.4 Å². The summed E-state index contributed by atoms with van der Waals surface area (Å²) in [5, 5.41) is 0. The smallest absolute Gasteiger partial charge is 0.410 e. The normalized spacial score (nSPS) is 25.0. The molecule has 2 rings (SSSR count). The lowest BCUT2D eigenvalue weighted by Crippen LogP contribution is -2.57. The molecule has 2 aliphatic rings. The van der Waals surface area contributed by atoms with Crippen molar-refractivity contribution in [3.63, 3.8) is 0 Å². The van der Waals surface area contributed by atoms with E-state index < -0.39 is 5.60 Å². The number of hydrogen-bond donors (Lipinski definition) is 0. The number of thiocarbonyl (C=S) groups is 1. The highest BCUT2D eigenvalue weighted by Crippen LogP contribution is 2.32. The molecule has 0 aromatic heterocycles. The molecule has 0 aromatic carbocycles. The number of piperazine rings is 1. The molecule has 0 aromatic rings. The van der Waals surface area contributed by atoms with Crippen LogP contribution >= 0.6 is 12.2 Å². The number of fused-ring (bicyclic) bond motifs is 2. The molecule has 1 amide bonds. The van der Waals surface area contributed by atoms with Crippen LogP contribution in [0.2, 0.25) is 0 Å². The third-order valence-electron chi connectivity index (χ3n) is 3.84. The summed E-state index contributed by atoms with van der Waals surface area (Å²) in [6, 6.07) is 0.284. The average Bonchev–Trinajstić information content (AvgIpc) is 2.57. The van der Waals surface area contributed by atoms with Crippen molar-refractivity contribution < 1.29 is 14.3 Å². The van der Waals surface area contributed by atoms with Gasteiger partial charge in [-0.1, -0.05) is 12.2 Å². The van der Waals surface area contributed by atoms with Gasteiger partial charge in [-0.25, -0.2) is 4.79 Å². The van der Waals surface area contributed by atoms with Gasteiger partial charge in [0.25, 0.3) is 0 Å². The maximum absolute atomic E-state index is 12.3. The van der Waals surface area contributed by atoms with Gasteiger partial charge in [-0.05, 0) is 40.5 Å². The maximum Gasteiger partial charge on any atom is 0.410 e. The number of nitrogens with zero attached hydrogens (tertiary/aromatic N) is 2. The van der Waals surface area contributed by atoms with Crippen LogP contribution < -0.4 is 0 Å². The fourth-order valence-corrected chi connectivity index (χ4v) is 3.40. The zero-order valence-electron chi connectivity index (χ0n) is 13.2. The predicted octanol–water partition coefficient (Wildman–Crippen LogP) is 2.38. The van der Waals surface area contributed by atoms with Crippen LogP contribution in [0, 0.1) is 0 Å². The molecule has 118 valence electrons. The summed E-state index contributed by atoms with van der Waals surface area (Å²) in [7, 11) is 0. The SMILES string of the molecule is CC(=O)CC(=S)N1CC2CCC(C1)N2C(=O)OC(C)(C)C. The number of Topliss-reactive ketones (excluding diaryl/α,β-unsaturated/α-hetero) is 1. The number of carbonyl (C=O) groups is 2. The number of ether oxygens (including phenoxy) is 1. The Kier molecular flexibility index (Phi) is 4.56. The summed E-state index contributed by atoms with van der Waals surface area (Å²) in [5.74, 6) is 0.0851. The Morgan fingerprint density at radius 1 is 1.19 bits per heavy atom. The molecule has 2 aliphatic heterocycles. The lowest BCUT2D eigenvalue weighted by Gasteiger charge is -2.42. The van der Waals surface area contributed by atoms with Gasteiger partial charge in [0.15, 0.2) is 0 Å². The van der Waals surface area contributed by atoms with E-state index >= 15 is 0 Å². The Balaban J connectivity index is 2.01. The van der Waals surface area contributed by atoms with Gasteiger partial charge < -0.3 is 9.64 Å². The summed E-state index contributed by atoms with van der Waals surface area (Å²) >= 11 is 5.35. The van der Waals surface area contributed by atoms with E-state index in [1.165, 1.54) is 0 Å². The second kappa shape index (κ2) is 5.91. The second-order valence-corrected chi connectivity index (χ2v) is 7.42. The van der Waals surface area contributed by atoms with Gasteiger partial charge in [0, 0.05) is 13.1 Å². The van der Waals surface area contributed by atoms with Crippen LogP contribution in [0.4, 0.5) is 4.79 Å². The average molecular weight is 312 g/mol. The van der Waals surface area contributed by atoms with E-state index in [-0.39, 0.29) is 24.0 Å². The zero-order chi connectivity index (χ0) is 15.8. The minimum absolute atomic E-state index is 0.0851. The summed E-state index contributed by atoms with van der Waals surface area (Å²) in [4.78, 5) is 28.2. The first-order valence-corrected chi connectivity index (χ1v) is 7.87. The molecule has 0 N–H and O–H groups in total. The lowest BCUT2D eigenvalue weighted by molar-refractivity contribution is -0.116. The van der Waals surface area contributed by atoms with E-state index in [1.807, 2.05) is 25.7 Å². The molecule has 0 radical (unpaired) electrons. The quantitative estimate of drug-likeness (QED) is 0.733. The summed E-state index contributed by atoms with van der Waals surface area (Å²) in [5.41, 5.74) is -0.475. The Hall–Kier alpha value is -1.17. The van der Waals surface area contributed by atoms with Crippen molar-refractivity contribution in [2.24, 2.45) is 0 Å². The van der Waals surface area contributed by atoms with E-state index in [0.29, 0.717) is 24.5 Å². The van der Waals surface area contributed by atoms with Crippen molar-refractivity contribution in [1.82, 2.24) is 9.80 Å². The molecule has 2 heterocycles. The second-order valence-electron chi connectivity index (χ2n) is 6.95. The fraction of sp³-hybridized carbons (Fsp3) is 0.800. The van der Waals surface area contributed by atoms with Gasteiger partial charge in [-0.15, -0.1) is 0 Å². The molecule has 0 spiro atoms. The van der Waals surface area contributed by atoms with Crippen molar-refractivity contribution in [2.75, 3.05) is 13.1 Å². The number of carbonyl (C=O) groups excluding carboxylic acids is 2. The number of likely N-dealkylation sites (tertiary alicyclic amines) is 1. The van der Waals surface area contributed by atoms with Crippen molar-refractivity contribution in [3.05, 3.63) is 0 Å². The molecule has 2 atom stereocenters. The standard InChI is InChI=1S/C15H24N2O3S/c1-10(18)7-13(21)16-8-11-5-6-12(9-16)17(11)14(19)20-15(2,3)4/h11-12H,5-9H2,1-4H3. The summed E-state index contributed by atoms with van der Waals surface area (Å²) < 4.78 is 5.50. The van der Waals surface area contributed by atoms with Crippen LogP contribution in [0.5, 0.6) is 0 Å². The minimum atomic E-state index is -0.475. The summed E-state index contributed by atoms with van der Waals surface area (Å²) in [6.07, 6.45) is 2.04. The maximum atomic E-state index is 12.3. The first-order chi connectivity index (χ1) is 9.67. The monoisotopic (exact) mass is 312 g/mol. The fourth-order valence-electron chi connectivity index (χ4n) is 3.04. The van der Waals surface area contributed by atoms with Crippen LogP contribution in [0.25, 0.3) is 0 Å². The van der Waals surface area contributed by atoms with Crippen molar-refractivity contribution >= 4 is 29.1 Å². The van der Waals surface area contributed by atoms with Crippen molar-refractivity contribution in [1.29, 1.82) is 0 Å². The molecule has 2 unspecified atom stereocenters. The van der Waals surface area contributed by atoms with Crippen LogP contribution in [0.1, 0.15) is 47.0 Å². The molecular weight excluding hydrogens is 288 g/mol. The van der Waals surface area contributed by atoms with Gasteiger partial charge >= 0.3 is 6.09 Å². The Morgan fingerprint density at radius 3 is 2.14 bits per heavy atom. The number of ketones is 1. The van der Waals surface area contributed by atoms with E-state index in [0.717, 1.165) is 12.8 Å². The third-order valence-corrected chi connectivity index (χ3v) is 4.24. The molecule has 2 saturated heterocycles. The van der Waals surface area contributed by atoms with E-state index in [4.69, 9.17) is 17.0 Å². The predicted molar refractivity (Wildman–Crippen MR) is 84.4 cm³/mol. The minimum Gasteiger partial charge on any atom is -0.444 e. The molecular formula is C15H24N2O3S. The van der Waals surface area contributed by atoms with E-state index in [2.05, 4.69) is 4.90 Å². The Morgan fingerprint density at radius 2 is 1.71 bits per heavy atom. The third kappa shape index (κ3) is 3.93. The lowest BCUT2D eigenvalue weighted by atomic mass is 10.1. The molecule has 21 heavy (non-hydrogen) atoms. The van der Waals surface area contributed by atoms with Gasteiger partial charge in [-0.3, -0.25) is 9.69 Å². The molecule has 6 heteroatoms. The topological polar surface area (TPSA) is 49.9 Å². The van der Waals surface area contributed by atoms with E-state index in [1.54, 1.807) is 6.92 Å². The number of amides is 1. The number of rotatable bonds is 2. The first kappa shape index (κ1) is 16.2. The molecule has 0 aliphatic carbocycles. The Labute approximate surface area is 131 Å². The van der Waals surface area contributed by atoms with Gasteiger partial charge in [0.1, 0.15) is 11.4 Å². The molecule has 2 bridgehead atoms. The number of hydrogen-bond acceptors (Lipinski definition) is 4. The highest BCUT2D eigenvalue weighted by atomic mass is 32.1. The Bertz CT molecular complexity index is 444.